The molecule has 1 heterocycles. The van der Waals surface area contributed by atoms with Crippen molar-refractivity contribution in [3.63, 3.8) is 0 Å². The molecule has 9 heteroatoms. The summed E-state index contributed by atoms with van der Waals surface area (Å²) in [4.78, 5) is 3.88. The van der Waals surface area contributed by atoms with Crippen LogP contribution in [0.1, 0.15) is 5.56 Å². The molecule has 18 heavy (non-hydrogen) atoms. The molecule has 0 atom stereocenters. The lowest BCUT2D eigenvalue weighted by Crippen LogP contribution is -2.22. The number of hydrogen-bond donors (Lipinski definition) is 1. The zero-order chi connectivity index (χ0) is 14.0. The number of aryl methyl sites for hydroxylation is 1. The third kappa shape index (κ3) is 5.32. The summed E-state index contributed by atoms with van der Waals surface area (Å²) in [5.41, 5.74) is 0.825. The van der Waals surface area contributed by atoms with E-state index in [4.69, 9.17) is 0 Å². The van der Waals surface area contributed by atoms with Crippen molar-refractivity contribution >= 4 is 41.6 Å². The Hall–Kier alpha value is -0.670. The topological polar surface area (TPSA) is 93.2 Å². The maximum atomic E-state index is 11.6. The monoisotopic (exact) mass is 356 g/mol. The van der Waals surface area contributed by atoms with Crippen LogP contribution in [0.4, 0.5) is 5.82 Å². The molecule has 0 fully saturated rings. The van der Waals surface area contributed by atoms with Crippen LogP contribution in [-0.4, -0.2) is 39.6 Å². The molecule has 0 spiro atoms. The predicted octanol–water partition coefficient (Wildman–Crippen LogP) is 0.939. The Kier molecular flexibility index (Phi) is 4.73. The van der Waals surface area contributed by atoms with Crippen molar-refractivity contribution in [2.45, 2.75) is 6.92 Å². The minimum absolute atomic E-state index is 0.171. The van der Waals surface area contributed by atoms with Gasteiger partial charge in [0.25, 0.3) is 0 Å². The van der Waals surface area contributed by atoms with Crippen LogP contribution >= 0.6 is 15.9 Å². The van der Waals surface area contributed by atoms with E-state index < -0.39 is 31.4 Å². The molecule has 0 saturated heterocycles. The third-order valence-corrected chi connectivity index (χ3v) is 5.33. The van der Waals surface area contributed by atoms with Gasteiger partial charge in [0.15, 0.2) is 0 Å². The van der Waals surface area contributed by atoms with Crippen LogP contribution in [0, 0.1) is 6.92 Å². The first-order chi connectivity index (χ1) is 8.09. The van der Waals surface area contributed by atoms with Gasteiger partial charge in [-0.2, -0.15) is 0 Å². The minimum Gasteiger partial charge on any atom is -0.267 e. The predicted molar refractivity (Wildman–Crippen MR) is 73.8 cm³/mol. The fourth-order valence-electron chi connectivity index (χ4n) is 1.07. The van der Waals surface area contributed by atoms with E-state index in [9.17, 15) is 16.8 Å². The number of nitrogens with one attached hydrogen (secondary N) is 1. The van der Waals surface area contributed by atoms with E-state index in [2.05, 4.69) is 25.6 Å². The summed E-state index contributed by atoms with van der Waals surface area (Å²) >= 11 is 3.25. The molecule has 0 radical (unpaired) electrons. The van der Waals surface area contributed by atoms with Gasteiger partial charge in [0.2, 0.25) is 10.0 Å². The molecular formula is C9H13BrN2O4S2. The number of pyridine rings is 1. The molecule has 1 aromatic rings. The van der Waals surface area contributed by atoms with Crippen LogP contribution in [0.25, 0.3) is 0 Å². The lowest BCUT2D eigenvalue weighted by atomic mass is 10.3. The summed E-state index contributed by atoms with van der Waals surface area (Å²) in [5, 5.41) is 0. The summed E-state index contributed by atoms with van der Waals surface area (Å²) in [6.45, 7) is 1.79. The van der Waals surface area contributed by atoms with Crippen LogP contribution < -0.4 is 4.72 Å². The first kappa shape index (κ1) is 15.4. The van der Waals surface area contributed by atoms with Gasteiger partial charge < -0.3 is 0 Å². The second-order valence-corrected chi connectivity index (χ2v) is 8.83. The average molecular weight is 357 g/mol. The zero-order valence-corrected chi connectivity index (χ0v) is 13.1. The molecule has 0 saturated carbocycles. The second kappa shape index (κ2) is 5.54. The largest absolute Gasteiger partial charge is 0.267 e. The number of sulfonamides is 1. The number of anilines is 1. The number of hydrogen-bond acceptors (Lipinski definition) is 5. The van der Waals surface area contributed by atoms with E-state index in [0.29, 0.717) is 0 Å². The Labute approximate surface area is 115 Å². The molecule has 1 N–H and O–H groups in total. The number of nitrogens with zero attached hydrogens (tertiary/aromatic N) is 1. The van der Waals surface area contributed by atoms with E-state index in [1.807, 2.05) is 0 Å². The summed E-state index contributed by atoms with van der Waals surface area (Å²) < 4.78 is 48.1. The van der Waals surface area contributed by atoms with Gasteiger partial charge in [-0.05, 0) is 34.5 Å². The molecule has 0 amide bonds. The zero-order valence-electron chi connectivity index (χ0n) is 9.84. The van der Waals surface area contributed by atoms with Crippen LogP contribution in [0.5, 0.6) is 0 Å². The van der Waals surface area contributed by atoms with Gasteiger partial charge >= 0.3 is 0 Å². The number of rotatable bonds is 5. The van der Waals surface area contributed by atoms with Gasteiger partial charge in [0.1, 0.15) is 15.7 Å². The van der Waals surface area contributed by atoms with E-state index in [-0.39, 0.29) is 5.82 Å². The van der Waals surface area contributed by atoms with Gasteiger partial charge in [-0.25, -0.2) is 21.8 Å². The van der Waals surface area contributed by atoms with Crippen LogP contribution in [-0.2, 0) is 19.9 Å². The molecular weight excluding hydrogens is 344 g/mol. The van der Waals surface area contributed by atoms with Crippen molar-refractivity contribution in [1.82, 2.24) is 4.98 Å². The molecule has 102 valence electrons. The molecule has 0 aliphatic carbocycles. The van der Waals surface area contributed by atoms with Gasteiger partial charge in [-0.1, -0.05) is 0 Å². The van der Waals surface area contributed by atoms with Gasteiger partial charge in [-0.15, -0.1) is 0 Å². The third-order valence-electron chi connectivity index (χ3n) is 2.03. The molecule has 1 aromatic heterocycles. The fraction of sp³-hybridized carbons (Fsp3) is 0.444. The quantitative estimate of drug-likeness (QED) is 0.847. The van der Waals surface area contributed by atoms with Crippen molar-refractivity contribution in [3.8, 4) is 0 Å². The second-order valence-electron chi connectivity index (χ2n) is 3.87. The highest BCUT2D eigenvalue weighted by molar-refractivity contribution is 9.10. The highest BCUT2D eigenvalue weighted by atomic mass is 79.9. The average Bonchev–Trinajstić information content (AvgIpc) is 2.20. The fourth-order valence-corrected chi connectivity index (χ4v) is 3.90. The maximum absolute atomic E-state index is 11.6. The van der Waals surface area contributed by atoms with E-state index in [1.165, 1.54) is 6.20 Å². The molecule has 0 aliphatic rings. The van der Waals surface area contributed by atoms with Crippen LogP contribution in [0.2, 0.25) is 0 Å². The van der Waals surface area contributed by atoms with Crippen molar-refractivity contribution in [1.29, 1.82) is 0 Å². The van der Waals surface area contributed by atoms with Gasteiger partial charge in [0, 0.05) is 16.9 Å². The van der Waals surface area contributed by atoms with Gasteiger partial charge in [-0.3, -0.25) is 4.72 Å². The molecule has 0 aromatic carbocycles. The van der Waals surface area contributed by atoms with Crippen molar-refractivity contribution in [3.05, 3.63) is 22.3 Å². The van der Waals surface area contributed by atoms with Crippen molar-refractivity contribution in [2.75, 3.05) is 22.5 Å². The molecule has 0 unspecified atom stereocenters. The smallest absolute Gasteiger partial charge is 0.234 e. The Morgan fingerprint density at radius 1 is 1.28 bits per heavy atom. The Morgan fingerprint density at radius 2 is 1.89 bits per heavy atom. The summed E-state index contributed by atoms with van der Waals surface area (Å²) in [7, 11) is -7.02. The van der Waals surface area contributed by atoms with Crippen LogP contribution in [0.3, 0.4) is 0 Å². The van der Waals surface area contributed by atoms with Crippen molar-refractivity contribution in [2.24, 2.45) is 0 Å². The SMILES string of the molecule is Cc1cc(NS(=O)(=O)CCS(C)(=O)=O)ncc1Br. The van der Waals surface area contributed by atoms with Crippen molar-refractivity contribution < 1.29 is 16.8 Å². The van der Waals surface area contributed by atoms with E-state index >= 15 is 0 Å². The Balaban J connectivity index is 2.80. The summed E-state index contributed by atoms with van der Waals surface area (Å²) in [5.74, 6) is -0.732. The Bertz CT molecular complexity index is 641. The summed E-state index contributed by atoms with van der Waals surface area (Å²) in [6, 6.07) is 1.56. The molecule has 1 rings (SSSR count). The minimum atomic E-state index is -3.70. The first-order valence-corrected chi connectivity index (χ1v) is 9.40. The highest BCUT2D eigenvalue weighted by Gasteiger charge is 2.15. The molecule has 6 nitrogen and oxygen atoms in total. The van der Waals surface area contributed by atoms with E-state index in [0.717, 1.165) is 16.3 Å². The number of aromatic nitrogens is 1. The van der Waals surface area contributed by atoms with Gasteiger partial charge in [0.05, 0.1) is 11.5 Å². The normalized spacial score (nSPS) is 12.4. The standard InChI is InChI=1S/C9H13BrN2O4S2/c1-7-5-9(11-6-8(7)10)12-18(15,16)4-3-17(2,13)14/h5-6H,3-4H2,1-2H3,(H,11,12). The number of sulfone groups is 1. The lowest BCUT2D eigenvalue weighted by Gasteiger charge is -2.07. The highest BCUT2D eigenvalue weighted by Crippen LogP contribution is 2.17. The molecule has 0 bridgehead atoms. The number of halogens is 1. The summed E-state index contributed by atoms with van der Waals surface area (Å²) in [6.07, 6.45) is 2.47. The maximum Gasteiger partial charge on any atom is 0.234 e. The van der Waals surface area contributed by atoms with Crippen LogP contribution in [0.15, 0.2) is 16.7 Å². The Morgan fingerprint density at radius 3 is 2.39 bits per heavy atom. The molecule has 0 aliphatic heterocycles. The lowest BCUT2D eigenvalue weighted by molar-refractivity contribution is 0.593. The van der Waals surface area contributed by atoms with E-state index in [1.54, 1.807) is 13.0 Å². The first-order valence-electron chi connectivity index (χ1n) is 4.89.